The van der Waals surface area contributed by atoms with Crippen molar-refractivity contribution in [3.8, 4) is 0 Å². The van der Waals surface area contributed by atoms with E-state index >= 15 is 0 Å². The molecule has 7 heteroatoms. The van der Waals surface area contributed by atoms with Gasteiger partial charge in [0.15, 0.2) is 0 Å². The third kappa shape index (κ3) is 3.31. The summed E-state index contributed by atoms with van der Waals surface area (Å²) in [5.41, 5.74) is 2.00. The summed E-state index contributed by atoms with van der Waals surface area (Å²) in [6.07, 6.45) is 1.60. The molecule has 4 rings (SSSR count). The number of fused-ring (bicyclic) bond motifs is 3. The molecule has 27 heavy (non-hydrogen) atoms. The first-order chi connectivity index (χ1) is 12.9. The summed E-state index contributed by atoms with van der Waals surface area (Å²) >= 11 is 0. The molecule has 0 spiro atoms. The maximum absolute atomic E-state index is 12.1. The van der Waals surface area contributed by atoms with E-state index in [1.807, 2.05) is 53.1 Å². The zero-order valence-electron chi connectivity index (χ0n) is 14.8. The third-order valence-electron chi connectivity index (χ3n) is 4.60. The van der Waals surface area contributed by atoms with E-state index < -0.39 is 16.1 Å². The number of benzene rings is 2. The number of aromatic nitrogens is 1. The van der Waals surface area contributed by atoms with Gasteiger partial charge < -0.3 is 14.1 Å². The number of nitrogens with zero attached hydrogens (tertiary/aromatic N) is 2. The maximum atomic E-state index is 12.1. The van der Waals surface area contributed by atoms with Crippen molar-refractivity contribution >= 4 is 37.7 Å². The van der Waals surface area contributed by atoms with Crippen molar-refractivity contribution in [1.82, 2.24) is 4.57 Å². The SMILES string of the molecule is CS(=O)(=O)N(CC(O)Cn1c2ccccc2c2ccccc21)c1ccco1. The Hall–Kier alpha value is -2.77. The van der Waals surface area contributed by atoms with E-state index in [1.165, 1.54) is 6.26 Å². The molecule has 4 aromatic rings. The first-order valence-corrected chi connectivity index (χ1v) is 10.5. The summed E-state index contributed by atoms with van der Waals surface area (Å²) in [5, 5.41) is 12.9. The average Bonchev–Trinajstić information content (AvgIpc) is 3.27. The van der Waals surface area contributed by atoms with Crippen molar-refractivity contribution in [2.75, 3.05) is 17.1 Å². The number of hydrogen-bond donors (Lipinski definition) is 1. The van der Waals surface area contributed by atoms with Gasteiger partial charge in [-0.2, -0.15) is 0 Å². The van der Waals surface area contributed by atoms with E-state index in [2.05, 4.69) is 0 Å². The minimum absolute atomic E-state index is 0.0901. The highest BCUT2D eigenvalue weighted by Gasteiger charge is 2.24. The summed E-state index contributed by atoms with van der Waals surface area (Å²) in [5.74, 6) is 0.193. The Kier molecular flexibility index (Phi) is 4.41. The lowest BCUT2D eigenvalue weighted by molar-refractivity contribution is 0.165. The second-order valence-corrected chi connectivity index (χ2v) is 8.45. The zero-order chi connectivity index (χ0) is 19.0. The number of anilines is 1. The molecule has 2 heterocycles. The monoisotopic (exact) mass is 384 g/mol. The smallest absolute Gasteiger partial charge is 0.234 e. The molecule has 6 nitrogen and oxygen atoms in total. The average molecular weight is 384 g/mol. The zero-order valence-corrected chi connectivity index (χ0v) is 15.6. The molecule has 2 aromatic heterocycles. The molecule has 0 amide bonds. The van der Waals surface area contributed by atoms with Crippen LogP contribution in [0, 0.1) is 0 Å². The van der Waals surface area contributed by atoms with Crippen molar-refractivity contribution in [2.24, 2.45) is 0 Å². The van der Waals surface area contributed by atoms with E-state index in [9.17, 15) is 13.5 Å². The highest BCUT2D eigenvalue weighted by atomic mass is 32.2. The number of sulfonamides is 1. The topological polar surface area (TPSA) is 75.7 Å². The Bertz CT molecular complexity index is 1130. The highest BCUT2D eigenvalue weighted by molar-refractivity contribution is 7.92. The summed E-state index contributed by atoms with van der Waals surface area (Å²) < 4.78 is 32.6. The van der Waals surface area contributed by atoms with E-state index in [-0.39, 0.29) is 19.0 Å². The number of aliphatic hydroxyl groups excluding tert-OH is 1. The number of aliphatic hydroxyl groups is 1. The number of hydrogen-bond acceptors (Lipinski definition) is 4. The normalized spacial score (nSPS) is 13.3. The number of rotatable bonds is 6. The van der Waals surface area contributed by atoms with Gasteiger partial charge in [-0.25, -0.2) is 12.7 Å². The Morgan fingerprint density at radius 1 is 1.00 bits per heavy atom. The molecule has 140 valence electrons. The predicted octanol–water partition coefficient (Wildman–Crippen LogP) is 3.21. The quantitative estimate of drug-likeness (QED) is 0.554. The summed E-state index contributed by atoms with van der Waals surface area (Å²) in [6, 6.07) is 19.2. The number of furan rings is 1. The third-order valence-corrected chi connectivity index (χ3v) is 5.73. The molecular formula is C20H20N2O4S. The lowest BCUT2D eigenvalue weighted by Gasteiger charge is -2.23. The molecule has 1 unspecified atom stereocenters. The summed E-state index contributed by atoms with van der Waals surface area (Å²) in [7, 11) is -3.58. The van der Waals surface area contributed by atoms with Crippen LogP contribution in [0.3, 0.4) is 0 Å². The summed E-state index contributed by atoms with van der Waals surface area (Å²) in [4.78, 5) is 0. The van der Waals surface area contributed by atoms with Crippen molar-refractivity contribution in [3.63, 3.8) is 0 Å². The molecule has 0 aliphatic heterocycles. The van der Waals surface area contributed by atoms with Crippen LogP contribution in [0.5, 0.6) is 0 Å². The van der Waals surface area contributed by atoms with E-state index in [4.69, 9.17) is 4.42 Å². The Morgan fingerprint density at radius 2 is 1.59 bits per heavy atom. The lowest BCUT2D eigenvalue weighted by Crippen LogP contribution is -2.38. The van der Waals surface area contributed by atoms with Crippen LogP contribution in [0.4, 0.5) is 5.88 Å². The second kappa shape index (κ2) is 6.75. The van der Waals surface area contributed by atoms with E-state index in [0.717, 1.165) is 32.4 Å². The molecule has 0 aliphatic rings. The number of para-hydroxylation sites is 2. The maximum Gasteiger partial charge on any atom is 0.234 e. The van der Waals surface area contributed by atoms with Crippen LogP contribution < -0.4 is 4.31 Å². The van der Waals surface area contributed by atoms with Crippen LogP contribution in [-0.2, 0) is 16.6 Å². The van der Waals surface area contributed by atoms with Crippen LogP contribution in [0.2, 0.25) is 0 Å². The van der Waals surface area contributed by atoms with Crippen molar-refractivity contribution in [2.45, 2.75) is 12.6 Å². The van der Waals surface area contributed by atoms with Crippen LogP contribution in [0.25, 0.3) is 21.8 Å². The molecule has 2 aromatic carbocycles. The molecule has 0 aliphatic carbocycles. The Labute approximate surface area is 157 Å². The van der Waals surface area contributed by atoms with Gasteiger partial charge in [0.2, 0.25) is 15.9 Å². The van der Waals surface area contributed by atoms with Crippen molar-refractivity contribution in [1.29, 1.82) is 0 Å². The molecule has 0 fully saturated rings. The van der Waals surface area contributed by atoms with Crippen molar-refractivity contribution < 1.29 is 17.9 Å². The van der Waals surface area contributed by atoms with Gasteiger partial charge in [-0.1, -0.05) is 36.4 Å². The fraction of sp³-hybridized carbons (Fsp3) is 0.200. The molecule has 0 saturated heterocycles. The minimum atomic E-state index is -3.58. The molecule has 0 bridgehead atoms. The standard InChI is InChI=1S/C20H20N2O4S/c1-27(24,25)22(20-11-6-12-26-20)14-15(23)13-21-18-9-4-2-7-16(18)17-8-3-5-10-19(17)21/h2-12,15,23H,13-14H2,1H3. The summed E-state index contributed by atoms with van der Waals surface area (Å²) in [6.45, 7) is 0.175. The van der Waals surface area contributed by atoms with Crippen LogP contribution >= 0.6 is 0 Å². The fourth-order valence-electron chi connectivity index (χ4n) is 3.46. The molecule has 0 radical (unpaired) electrons. The first kappa shape index (κ1) is 17.6. The van der Waals surface area contributed by atoms with Gasteiger partial charge in [0.05, 0.1) is 31.7 Å². The molecular weight excluding hydrogens is 364 g/mol. The lowest BCUT2D eigenvalue weighted by atomic mass is 10.2. The van der Waals surface area contributed by atoms with E-state index in [1.54, 1.807) is 12.1 Å². The van der Waals surface area contributed by atoms with Crippen LogP contribution in [0.15, 0.2) is 71.3 Å². The van der Waals surface area contributed by atoms with Crippen LogP contribution in [-0.4, -0.2) is 37.0 Å². The van der Waals surface area contributed by atoms with Gasteiger partial charge >= 0.3 is 0 Å². The van der Waals surface area contributed by atoms with Gasteiger partial charge in [0.1, 0.15) is 0 Å². The van der Waals surface area contributed by atoms with Gasteiger partial charge in [0.25, 0.3) is 0 Å². The van der Waals surface area contributed by atoms with Gasteiger partial charge in [0, 0.05) is 27.9 Å². The molecule has 1 atom stereocenters. The fourth-order valence-corrected chi connectivity index (χ4v) is 4.33. The van der Waals surface area contributed by atoms with Gasteiger partial charge in [-0.3, -0.25) is 0 Å². The minimum Gasteiger partial charge on any atom is -0.448 e. The molecule has 1 N–H and O–H groups in total. The highest BCUT2D eigenvalue weighted by Crippen LogP contribution is 2.29. The Balaban J connectivity index is 1.69. The second-order valence-electron chi connectivity index (χ2n) is 6.54. The predicted molar refractivity (Wildman–Crippen MR) is 106 cm³/mol. The first-order valence-electron chi connectivity index (χ1n) is 8.60. The largest absolute Gasteiger partial charge is 0.448 e. The molecule has 0 saturated carbocycles. The van der Waals surface area contributed by atoms with Crippen LogP contribution in [0.1, 0.15) is 0 Å². The Morgan fingerprint density at radius 3 is 2.11 bits per heavy atom. The van der Waals surface area contributed by atoms with Gasteiger partial charge in [-0.05, 0) is 18.2 Å². The van der Waals surface area contributed by atoms with Gasteiger partial charge in [-0.15, -0.1) is 0 Å². The van der Waals surface area contributed by atoms with Crippen molar-refractivity contribution in [3.05, 3.63) is 66.9 Å². The van der Waals surface area contributed by atoms with E-state index in [0.29, 0.717) is 0 Å².